The van der Waals surface area contributed by atoms with Gasteiger partial charge in [-0.25, -0.2) is 18.1 Å². The van der Waals surface area contributed by atoms with E-state index >= 15 is 0 Å². The smallest absolute Gasteiger partial charge is 0.324 e. The maximum atomic E-state index is 13.4. The quantitative estimate of drug-likeness (QED) is 0.629. The van der Waals surface area contributed by atoms with Crippen LogP contribution in [-0.2, 0) is 16.6 Å². The highest BCUT2D eigenvalue weighted by atomic mass is 32.2. The van der Waals surface area contributed by atoms with Gasteiger partial charge in [0.05, 0.1) is 17.8 Å². The molecular weight excluding hydrogens is 291 g/mol. The second-order valence-electron chi connectivity index (χ2n) is 3.75. The Bertz CT molecular complexity index is 730. The molecule has 0 spiro atoms. The number of nitrogens with one attached hydrogen (secondary N) is 2. The summed E-state index contributed by atoms with van der Waals surface area (Å²) in [5.74, 6) is -1.21. The summed E-state index contributed by atoms with van der Waals surface area (Å²) in [6.07, 6.45) is 2.75. The number of aromatic amines is 1. The van der Waals surface area contributed by atoms with Gasteiger partial charge in [-0.05, 0) is 12.1 Å². The van der Waals surface area contributed by atoms with E-state index in [0.717, 1.165) is 18.2 Å². The van der Waals surface area contributed by atoms with Gasteiger partial charge in [0.25, 0.3) is 0 Å². The van der Waals surface area contributed by atoms with Crippen molar-refractivity contribution in [3.8, 4) is 0 Å². The minimum atomic E-state index is -4.21. The van der Waals surface area contributed by atoms with Gasteiger partial charge in [0.1, 0.15) is 0 Å². The summed E-state index contributed by atoms with van der Waals surface area (Å²) in [5.41, 5.74) is -0.614. The van der Waals surface area contributed by atoms with Gasteiger partial charge in [-0.3, -0.25) is 10.1 Å². The summed E-state index contributed by atoms with van der Waals surface area (Å²) in [7, 11) is -4.21. The van der Waals surface area contributed by atoms with Gasteiger partial charge in [-0.2, -0.15) is 4.39 Å². The van der Waals surface area contributed by atoms with Gasteiger partial charge < -0.3 is 4.98 Å². The number of imidazole rings is 1. The summed E-state index contributed by atoms with van der Waals surface area (Å²) in [6, 6.07) is 2.88. The highest BCUT2D eigenvalue weighted by molar-refractivity contribution is 7.89. The van der Waals surface area contributed by atoms with Crippen LogP contribution < -0.4 is 4.72 Å². The van der Waals surface area contributed by atoms with E-state index in [-0.39, 0.29) is 6.54 Å². The van der Waals surface area contributed by atoms with E-state index < -0.39 is 31.3 Å². The van der Waals surface area contributed by atoms with Crippen LogP contribution in [0, 0.1) is 15.9 Å². The SMILES string of the molecule is O=[N+]([O-])c1c(F)cccc1S(=O)(=O)NCc1cnc[nH]1. The lowest BCUT2D eigenvalue weighted by molar-refractivity contribution is -0.390. The van der Waals surface area contributed by atoms with Crippen LogP contribution in [0.25, 0.3) is 0 Å². The van der Waals surface area contributed by atoms with E-state index in [1.54, 1.807) is 0 Å². The van der Waals surface area contributed by atoms with Gasteiger partial charge in [-0.1, -0.05) is 6.07 Å². The first-order valence-electron chi connectivity index (χ1n) is 5.31. The molecule has 0 aliphatic heterocycles. The number of nitro benzene ring substituents is 1. The molecule has 2 aromatic rings. The van der Waals surface area contributed by atoms with Crippen molar-refractivity contribution in [2.24, 2.45) is 0 Å². The van der Waals surface area contributed by atoms with E-state index in [4.69, 9.17) is 0 Å². The zero-order valence-electron chi connectivity index (χ0n) is 9.91. The van der Waals surface area contributed by atoms with Gasteiger partial charge >= 0.3 is 5.69 Å². The largest absolute Gasteiger partial charge is 0.347 e. The maximum Gasteiger partial charge on any atom is 0.324 e. The fourth-order valence-corrected chi connectivity index (χ4v) is 2.71. The highest BCUT2D eigenvalue weighted by Crippen LogP contribution is 2.26. The van der Waals surface area contributed by atoms with Gasteiger partial charge in [0.2, 0.25) is 15.8 Å². The van der Waals surface area contributed by atoms with Crippen LogP contribution in [0.3, 0.4) is 0 Å². The fourth-order valence-electron chi connectivity index (χ4n) is 1.52. The lowest BCUT2D eigenvalue weighted by Gasteiger charge is -2.06. The third-order valence-electron chi connectivity index (χ3n) is 2.43. The molecule has 0 saturated carbocycles. The standard InChI is InChI=1S/C10H9FN4O4S/c11-8-2-1-3-9(10(8)15(16)17)20(18,19)14-5-7-4-12-6-13-7/h1-4,6,14H,5H2,(H,12,13). The summed E-state index contributed by atoms with van der Waals surface area (Å²) >= 11 is 0. The Balaban J connectivity index is 2.34. The molecule has 2 rings (SSSR count). The minimum Gasteiger partial charge on any atom is -0.347 e. The van der Waals surface area contributed by atoms with Gasteiger partial charge in [-0.15, -0.1) is 0 Å². The molecule has 10 heteroatoms. The summed E-state index contributed by atoms with van der Waals surface area (Å²) in [5, 5.41) is 10.8. The first-order chi connectivity index (χ1) is 9.42. The second-order valence-corrected chi connectivity index (χ2v) is 5.48. The number of aromatic nitrogens is 2. The van der Waals surface area contributed by atoms with Crippen molar-refractivity contribution in [1.82, 2.24) is 14.7 Å². The number of H-pyrrole nitrogens is 1. The van der Waals surface area contributed by atoms with E-state index in [1.807, 2.05) is 0 Å². The summed E-state index contributed by atoms with van der Waals surface area (Å²) < 4.78 is 39.5. The van der Waals surface area contributed by atoms with Gasteiger partial charge in [0, 0.05) is 11.9 Å². The molecule has 0 atom stereocenters. The van der Waals surface area contributed by atoms with E-state index in [2.05, 4.69) is 14.7 Å². The monoisotopic (exact) mass is 300 g/mol. The van der Waals surface area contributed by atoms with E-state index in [0.29, 0.717) is 5.69 Å². The van der Waals surface area contributed by atoms with Crippen molar-refractivity contribution in [1.29, 1.82) is 0 Å². The van der Waals surface area contributed by atoms with Crippen molar-refractivity contribution in [3.63, 3.8) is 0 Å². The Kier molecular flexibility index (Phi) is 3.77. The lowest BCUT2D eigenvalue weighted by Crippen LogP contribution is -2.24. The van der Waals surface area contributed by atoms with Crippen LogP contribution >= 0.6 is 0 Å². The molecule has 20 heavy (non-hydrogen) atoms. The minimum absolute atomic E-state index is 0.143. The second kappa shape index (κ2) is 5.35. The Morgan fingerprint density at radius 1 is 1.45 bits per heavy atom. The van der Waals surface area contributed by atoms with E-state index in [1.165, 1.54) is 12.5 Å². The number of nitrogens with zero attached hydrogens (tertiary/aromatic N) is 2. The topological polar surface area (TPSA) is 118 Å². The zero-order chi connectivity index (χ0) is 14.8. The van der Waals surface area contributed by atoms with Crippen molar-refractivity contribution >= 4 is 15.7 Å². The number of halogens is 1. The van der Waals surface area contributed by atoms with Crippen molar-refractivity contribution in [2.45, 2.75) is 11.4 Å². The predicted molar refractivity (Wildman–Crippen MR) is 65.7 cm³/mol. The summed E-state index contributed by atoms with van der Waals surface area (Å²) in [6.45, 7) is -0.143. The molecule has 106 valence electrons. The average Bonchev–Trinajstić information content (AvgIpc) is 2.89. The number of nitro groups is 1. The Morgan fingerprint density at radius 3 is 2.80 bits per heavy atom. The fraction of sp³-hybridized carbons (Fsp3) is 0.100. The van der Waals surface area contributed by atoms with Crippen LogP contribution in [0.5, 0.6) is 0 Å². The van der Waals surface area contributed by atoms with Crippen LogP contribution in [0.2, 0.25) is 0 Å². The first kappa shape index (κ1) is 14.1. The van der Waals surface area contributed by atoms with Crippen LogP contribution in [0.1, 0.15) is 5.69 Å². The molecule has 0 radical (unpaired) electrons. The molecule has 0 fully saturated rings. The molecule has 2 N–H and O–H groups in total. The molecule has 1 aromatic carbocycles. The third-order valence-corrected chi connectivity index (χ3v) is 3.86. The normalized spacial score (nSPS) is 11.4. The number of hydrogen-bond acceptors (Lipinski definition) is 5. The molecule has 1 heterocycles. The molecule has 8 nitrogen and oxygen atoms in total. The molecule has 1 aromatic heterocycles. The van der Waals surface area contributed by atoms with Gasteiger partial charge in [0.15, 0.2) is 4.90 Å². The number of sulfonamides is 1. The molecule has 0 bridgehead atoms. The zero-order valence-corrected chi connectivity index (χ0v) is 10.7. The Morgan fingerprint density at radius 2 is 2.20 bits per heavy atom. The number of para-hydroxylation sites is 1. The predicted octanol–water partition coefficient (Wildman–Crippen LogP) is 0.935. The van der Waals surface area contributed by atoms with Crippen molar-refractivity contribution in [3.05, 3.63) is 52.3 Å². The third kappa shape index (κ3) is 2.81. The molecule has 0 aliphatic rings. The summed E-state index contributed by atoms with van der Waals surface area (Å²) in [4.78, 5) is 15.4. The number of hydrogen-bond donors (Lipinski definition) is 2. The van der Waals surface area contributed by atoms with E-state index in [9.17, 15) is 22.9 Å². The number of benzene rings is 1. The molecule has 0 amide bonds. The highest BCUT2D eigenvalue weighted by Gasteiger charge is 2.29. The lowest BCUT2D eigenvalue weighted by atomic mass is 10.3. The van der Waals surface area contributed by atoms with Crippen molar-refractivity contribution in [2.75, 3.05) is 0 Å². The Hall–Kier alpha value is -2.33. The molecule has 0 unspecified atom stereocenters. The molecular formula is C10H9FN4O4S. The molecule has 0 saturated heterocycles. The first-order valence-corrected chi connectivity index (χ1v) is 6.80. The van der Waals surface area contributed by atoms with Crippen LogP contribution in [0.15, 0.2) is 35.6 Å². The Labute approximate surface area is 112 Å². The average molecular weight is 300 g/mol. The van der Waals surface area contributed by atoms with Crippen LogP contribution in [0.4, 0.5) is 10.1 Å². The van der Waals surface area contributed by atoms with Crippen molar-refractivity contribution < 1.29 is 17.7 Å². The van der Waals surface area contributed by atoms with Crippen LogP contribution in [-0.4, -0.2) is 23.3 Å². The molecule has 0 aliphatic carbocycles. The maximum absolute atomic E-state index is 13.4. The number of rotatable bonds is 5.